The van der Waals surface area contributed by atoms with E-state index in [4.69, 9.17) is 4.74 Å². The Kier molecular flexibility index (Phi) is 5.95. The third kappa shape index (κ3) is 4.40. The van der Waals surface area contributed by atoms with Gasteiger partial charge in [0.25, 0.3) is 5.91 Å². The lowest BCUT2D eigenvalue weighted by Gasteiger charge is -2.31. The van der Waals surface area contributed by atoms with E-state index in [0.717, 1.165) is 46.6 Å². The van der Waals surface area contributed by atoms with Crippen LogP contribution in [-0.4, -0.2) is 57.3 Å². The Hall–Kier alpha value is -3.84. The lowest BCUT2D eigenvalue weighted by Crippen LogP contribution is -2.40. The van der Waals surface area contributed by atoms with Crippen molar-refractivity contribution in [2.24, 2.45) is 0 Å². The largest absolute Gasteiger partial charge is 0.381 e. The highest BCUT2D eigenvalue weighted by molar-refractivity contribution is 5.94. The summed E-state index contributed by atoms with van der Waals surface area (Å²) in [5.74, 6) is 0.0357. The quantitative estimate of drug-likeness (QED) is 0.497. The van der Waals surface area contributed by atoms with Crippen molar-refractivity contribution in [3.8, 4) is 33.8 Å². The molecule has 0 bridgehead atoms. The molecule has 1 N–H and O–H groups in total. The Morgan fingerprint density at radius 1 is 0.970 bits per heavy atom. The molecular formula is C26H25N5O2. The van der Waals surface area contributed by atoms with Crippen molar-refractivity contribution in [3.05, 3.63) is 78.8 Å². The number of benzene rings is 1. The molecular weight excluding hydrogens is 414 g/mol. The molecule has 3 aromatic heterocycles. The minimum absolute atomic E-state index is 0.0357. The van der Waals surface area contributed by atoms with Gasteiger partial charge in [-0.1, -0.05) is 18.2 Å². The fourth-order valence-electron chi connectivity index (χ4n) is 4.19. The minimum atomic E-state index is 0.0357. The summed E-state index contributed by atoms with van der Waals surface area (Å²) in [6.07, 6.45) is 7.18. The van der Waals surface area contributed by atoms with Crippen LogP contribution in [0.2, 0.25) is 0 Å². The fraction of sp³-hybridized carbons (Fsp3) is 0.231. The summed E-state index contributed by atoms with van der Waals surface area (Å²) in [5.41, 5.74) is 6.02. The predicted octanol–water partition coefficient (Wildman–Crippen LogP) is 4.45. The second-order valence-corrected chi connectivity index (χ2v) is 8.13. The van der Waals surface area contributed by atoms with Crippen molar-refractivity contribution in [2.45, 2.75) is 18.9 Å². The molecule has 5 rings (SSSR count). The van der Waals surface area contributed by atoms with Gasteiger partial charge < -0.3 is 9.64 Å². The summed E-state index contributed by atoms with van der Waals surface area (Å²) >= 11 is 0. The second-order valence-electron chi connectivity index (χ2n) is 8.13. The minimum Gasteiger partial charge on any atom is -0.381 e. The van der Waals surface area contributed by atoms with Crippen molar-refractivity contribution in [2.75, 3.05) is 20.3 Å². The molecule has 166 valence electrons. The Bertz CT molecular complexity index is 1230. The molecule has 0 saturated carbocycles. The third-order valence-corrected chi connectivity index (χ3v) is 6.11. The van der Waals surface area contributed by atoms with Crippen molar-refractivity contribution in [1.29, 1.82) is 0 Å². The summed E-state index contributed by atoms with van der Waals surface area (Å²) in [6, 6.07) is 17.6. The number of nitrogens with zero attached hydrogens (tertiary/aromatic N) is 4. The van der Waals surface area contributed by atoms with E-state index >= 15 is 0 Å². The van der Waals surface area contributed by atoms with Gasteiger partial charge in [0, 0.05) is 61.6 Å². The first-order valence-electron chi connectivity index (χ1n) is 11.1. The average molecular weight is 440 g/mol. The van der Waals surface area contributed by atoms with Crippen LogP contribution in [0, 0.1) is 0 Å². The van der Waals surface area contributed by atoms with Crippen LogP contribution in [0.15, 0.2) is 73.2 Å². The first-order valence-corrected chi connectivity index (χ1v) is 11.1. The van der Waals surface area contributed by atoms with E-state index in [1.54, 1.807) is 12.4 Å². The molecule has 7 nitrogen and oxygen atoms in total. The number of carbonyl (C=O) groups is 1. The molecule has 0 aliphatic carbocycles. The molecule has 1 aliphatic rings. The average Bonchev–Trinajstić information content (AvgIpc) is 3.39. The highest BCUT2D eigenvalue weighted by Crippen LogP contribution is 2.31. The van der Waals surface area contributed by atoms with E-state index in [-0.39, 0.29) is 11.9 Å². The summed E-state index contributed by atoms with van der Waals surface area (Å²) < 4.78 is 5.41. The maximum Gasteiger partial charge on any atom is 0.253 e. The third-order valence-electron chi connectivity index (χ3n) is 6.11. The van der Waals surface area contributed by atoms with Gasteiger partial charge in [0.1, 0.15) is 5.69 Å². The van der Waals surface area contributed by atoms with Gasteiger partial charge in [0.2, 0.25) is 0 Å². The molecule has 0 spiro atoms. The zero-order valence-electron chi connectivity index (χ0n) is 18.4. The number of carbonyl (C=O) groups excluding carboxylic acids is 1. The lowest BCUT2D eigenvalue weighted by atomic mass is 10.0. The van der Waals surface area contributed by atoms with E-state index in [1.807, 2.05) is 72.7 Å². The van der Waals surface area contributed by atoms with Crippen LogP contribution in [0.25, 0.3) is 33.8 Å². The Labute approximate surface area is 192 Å². The van der Waals surface area contributed by atoms with E-state index in [2.05, 4.69) is 20.2 Å². The number of rotatable bonds is 5. The van der Waals surface area contributed by atoms with E-state index in [1.165, 1.54) is 0 Å². The van der Waals surface area contributed by atoms with Gasteiger partial charge in [-0.15, -0.1) is 0 Å². The van der Waals surface area contributed by atoms with Crippen LogP contribution in [-0.2, 0) is 4.74 Å². The molecule has 1 fully saturated rings. The van der Waals surface area contributed by atoms with Crippen molar-refractivity contribution < 1.29 is 9.53 Å². The molecule has 1 saturated heterocycles. The summed E-state index contributed by atoms with van der Waals surface area (Å²) in [4.78, 5) is 23.7. The van der Waals surface area contributed by atoms with Gasteiger partial charge in [-0.2, -0.15) is 5.10 Å². The molecule has 4 heterocycles. The first-order chi connectivity index (χ1) is 16.2. The normalized spacial score (nSPS) is 14.2. The summed E-state index contributed by atoms with van der Waals surface area (Å²) in [5, 5.41) is 7.34. The van der Waals surface area contributed by atoms with Gasteiger partial charge in [-0.05, 0) is 54.8 Å². The van der Waals surface area contributed by atoms with Crippen LogP contribution >= 0.6 is 0 Å². The van der Waals surface area contributed by atoms with Crippen LogP contribution in [0.4, 0.5) is 0 Å². The number of ether oxygens (including phenoxy) is 1. The monoisotopic (exact) mass is 439 g/mol. The molecule has 7 heteroatoms. The van der Waals surface area contributed by atoms with E-state index in [0.29, 0.717) is 18.8 Å². The number of nitrogens with one attached hydrogen (secondary N) is 1. The number of H-pyrrole nitrogens is 1. The highest BCUT2D eigenvalue weighted by Gasteiger charge is 2.23. The van der Waals surface area contributed by atoms with Crippen LogP contribution in [0.5, 0.6) is 0 Å². The molecule has 1 aliphatic heterocycles. The van der Waals surface area contributed by atoms with Gasteiger partial charge in [-0.25, -0.2) is 0 Å². The lowest BCUT2D eigenvalue weighted by molar-refractivity contribution is 0.0362. The number of aromatic nitrogens is 4. The van der Waals surface area contributed by atoms with Crippen molar-refractivity contribution in [1.82, 2.24) is 25.1 Å². The summed E-state index contributed by atoms with van der Waals surface area (Å²) in [6.45, 7) is 1.42. The summed E-state index contributed by atoms with van der Waals surface area (Å²) in [7, 11) is 1.88. The van der Waals surface area contributed by atoms with Crippen molar-refractivity contribution in [3.63, 3.8) is 0 Å². The smallest absolute Gasteiger partial charge is 0.253 e. The van der Waals surface area contributed by atoms with Crippen LogP contribution < -0.4 is 0 Å². The first kappa shape index (κ1) is 21.0. The van der Waals surface area contributed by atoms with E-state index in [9.17, 15) is 4.79 Å². The zero-order chi connectivity index (χ0) is 22.6. The van der Waals surface area contributed by atoms with Crippen LogP contribution in [0.3, 0.4) is 0 Å². The van der Waals surface area contributed by atoms with Gasteiger partial charge in [-0.3, -0.25) is 19.9 Å². The zero-order valence-corrected chi connectivity index (χ0v) is 18.4. The number of aromatic amines is 1. The molecule has 1 aromatic carbocycles. The highest BCUT2D eigenvalue weighted by atomic mass is 16.5. The fourth-order valence-corrected chi connectivity index (χ4v) is 4.19. The molecule has 4 aromatic rings. The molecule has 0 unspecified atom stereocenters. The van der Waals surface area contributed by atoms with Crippen molar-refractivity contribution >= 4 is 5.91 Å². The molecule has 1 amide bonds. The predicted molar refractivity (Wildman–Crippen MR) is 126 cm³/mol. The number of amides is 1. The Balaban J connectivity index is 1.38. The number of pyridine rings is 2. The van der Waals surface area contributed by atoms with Gasteiger partial charge >= 0.3 is 0 Å². The Morgan fingerprint density at radius 2 is 1.76 bits per heavy atom. The SMILES string of the molecule is CN(C(=O)c1ccc(-c2cc(-c3c[nH]nc3-c3ccccn3)ccn2)cc1)C1CCOCC1. The topological polar surface area (TPSA) is 84.0 Å². The van der Waals surface area contributed by atoms with Crippen LogP contribution in [0.1, 0.15) is 23.2 Å². The molecule has 0 radical (unpaired) electrons. The maximum absolute atomic E-state index is 12.9. The molecule has 0 atom stereocenters. The van der Waals surface area contributed by atoms with Gasteiger partial charge in [0.15, 0.2) is 0 Å². The maximum atomic E-state index is 12.9. The number of hydrogen-bond acceptors (Lipinski definition) is 5. The standard InChI is InChI=1S/C26H25N5O2/c1-31(21-10-14-33-15-11-21)26(32)19-7-5-18(6-8-19)24-16-20(9-13-28-24)22-17-29-30-25(22)23-4-2-3-12-27-23/h2-9,12-13,16-17,21H,10-11,14-15H2,1H3,(H,29,30). The Morgan fingerprint density at radius 3 is 2.52 bits per heavy atom. The number of hydrogen-bond donors (Lipinski definition) is 1. The van der Waals surface area contributed by atoms with Gasteiger partial charge in [0.05, 0.1) is 11.4 Å². The second kappa shape index (κ2) is 9.34. The van der Waals surface area contributed by atoms with E-state index < -0.39 is 0 Å². The molecule has 33 heavy (non-hydrogen) atoms.